The van der Waals surface area contributed by atoms with Crippen LogP contribution in [0, 0.1) is 13.8 Å². The number of rotatable bonds is 9. The first-order valence-electron chi connectivity index (χ1n) is 10.3. The molecule has 7 nitrogen and oxygen atoms in total. The van der Waals surface area contributed by atoms with Crippen molar-refractivity contribution in [1.82, 2.24) is 15.6 Å². The number of aromatic nitrogens is 1. The van der Waals surface area contributed by atoms with E-state index in [1.807, 2.05) is 39.1 Å². The number of furan rings is 1. The van der Waals surface area contributed by atoms with Crippen molar-refractivity contribution in [3.05, 3.63) is 47.0 Å². The summed E-state index contributed by atoms with van der Waals surface area (Å²) in [5.74, 6) is 3.16. The Hall–Kier alpha value is -2.54. The minimum Gasteiger partial charge on any atom is -0.466 e. The Bertz CT molecular complexity index is 792. The van der Waals surface area contributed by atoms with Gasteiger partial charge in [-0.15, -0.1) is 0 Å². The molecule has 0 spiro atoms. The van der Waals surface area contributed by atoms with E-state index in [4.69, 9.17) is 4.42 Å². The van der Waals surface area contributed by atoms with E-state index < -0.39 is 5.60 Å². The van der Waals surface area contributed by atoms with E-state index in [0.717, 1.165) is 48.1 Å². The van der Waals surface area contributed by atoms with Crippen LogP contribution in [0.1, 0.15) is 50.3 Å². The number of hydrogen-bond donors (Lipinski definition) is 3. The van der Waals surface area contributed by atoms with Crippen LogP contribution in [0.2, 0.25) is 0 Å². The van der Waals surface area contributed by atoms with E-state index in [1.165, 1.54) is 0 Å². The highest BCUT2D eigenvalue weighted by atomic mass is 16.3. The Morgan fingerprint density at radius 2 is 1.93 bits per heavy atom. The lowest BCUT2D eigenvalue weighted by atomic mass is 9.96. The van der Waals surface area contributed by atoms with E-state index in [0.29, 0.717) is 19.0 Å². The zero-order valence-electron chi connectivity index (χ0n) is 18.5. The van der Waals surface area contributed by atoms with Crippen LogP contribution >= 0.6 is 0 Å². The van der Waals surface area contributed by atoms with Crippen LogP contribution in [0.15, 0.2) is 33.8 Å². The number of nitrogens with one attached hydrogen (secondary N) is 2. The van der Waals surface area contributed by atoms with Gasteiger partial charge < -0.3 is 25.1 Å². The molecule has 1 atom stereocenters. The molecular weight excluding hydrogens is 366 g/mol. The summed E-state index contributed by atoms with van der Waals surface area (Å²) in [5.41, 5.74) is 0.756. The molecule has 0 aliphatic carbocycles. The third-order valence-corrected chi connectivity index (χ3v) is 4.88. The predicted octanol–water partition coefficient (Wildman–Crippen LogP) is 3.10. The molecule has 1 unspecified atom stereocenters. The second kappa shape index (κ2) is 10.3. The van der Waals surface area contributed by atoms with Crippen molar-refractivity contribution in [2.24, 2.45) is 4.99 Å². The fourth-order valence-corrected chi connectivity index (χ4v) is 3.27. The summed E-state index contributed by atoms with van der Waals surface area (Å²) < 4.78 is 5.56. The molecule has 0 saturated carbocycles. The second-order valence-corrected chi connectivity index (χ2v) is 7.35. The number of guanidine groups is 1. The molecule has 3 N–H and O–H groups in total. The molecule has 0 radical (unpaired) electrons. The van der Waals surface area contributed by atoms with Gasteiger partial charge >= 0.3 is 0 Å². The number of anilines is 1. The molecule has 0 fully saturated rings. The van der Waals surface area contributed by atoms with E-state index in [9.17, 15) is 5.11 Å². The fourth-order valence-electron chi connectivity index (χ4n) is 3.27. The van der Waals surface area contributed by atoms with E-state index in [-0.39, 0.29) is 0 Å². The first kappa shape index (κ1) is 22.7. The molecule has 2 aromatic rings. The molecule has 29 heavy (non-hydrogen) atoms. The van der Waals surface area contributed by atoms with Crippen LogP contribution in [0.3, 0.4) is 0 Å². The van der Waals surface area contributed by atoms with Crippen LogP contribution < -0.4 is 15.5 Å². The highest BCUT2D eigenvalue weighted by Gasteiger charge is 2.27. The average molecular weight is 402 g/mol. The van der Waals surface area contributed by atoms with Crippen LogP contribution in [-0.2, 0) is 12.1 Å². The van der Waals surface area contributed by atoms with E-state index in [2.05, 4.69) is 45.4 Å². The van der Waals surface area contributed by atoms with Gasteiger partial charge in [0.15, 0.2) is 5.96 Å². The van der Waals surface area contributed by atoms with Gasteiger partial charge in [0.05, 0.1) is 13.1 Å². The molecule has 0 saturated heterocycles. The van der Waals surface area contributed by atoms with Crippen molar-refractivity contribution in [3.8, 4) is 0 Å². The van der Waals surface area contributed by atoms with Crippen LogP contribution in [-0.4, -0.2) is 42.2 Å². The lowest BCUT2D eigenvalue weighted by Gasteiger charge is -2.24. The van der Waals surface area contributed by atoms with Crippen molar-refractivity contribution in [2.45, 2.75) is 53.7 Å². The first-order chi connectivity index (χ1) is 13.8. The lowest BCUT2D eigenvalue weighted by Crippen LogP contribution is -2.44. The van der Waals surface area contributed by atoms with Gasteiger partial charge in [0.1, 0.15) is 22.9 Å². The SMILES string of the molecule is CCNC(=NCc1ccc(N(CC)CC)nc1)NCC(C)(O)c1cc(C)oc1C. The van der Waals surface area contributed by atoms with Crippen molar-refractivity contribution in [3.63, 3.8) is 0 Å². The summed E-state index contributed by atoms with van der Waals surface area (Å²) in [7, 11) is 0. The largest absolute Gasteiger partial charge is 0.466 e. The lowest BCUT2D eigenvalue weighted by molar-refractivity contribution is 0.0601. The Morgan fingerprint density at radius 3 is 2.45 bits per heavy atom. The molecule has 0 amide bonds. The molecule has 7 heteroatoms. The minimum absolute atomic E-state index is 0.317. The number of aryl methyl sites for hydroxylation is 2. The van der Waals surface area contributed by atoms with Gasteiger partial charge in [-0.25, -0.2) is 9.98 Å². The maximum absolute atomic E-state index is 10.9. The smallest absolute Gasteiger partial charge is 0.191 e. The normalized spacial score (nSPS) is 13.8. The third-order valence-electron chi connectivity index (χ3n) is 4.88. The monoisotopic (exact) mass is 401 g/mol. The highest BCUT2D eigenvalue weighted by Crippen LogP contribution is 2.26. The van der Waals surface area contributed by atoms with Crippen molar-refractivity contribution in [2.75, 3.05) is 31.1 Å². The van der Waals surface area contributed by atoms with Crippen LogP contribution in [0.4, 0.5) is 5.82 Å². The van der Waals surface area contributed by atoms with Crippen molar-refractivity contribution in [1.29, 1.82) is 0 Å². The molecule has 160 valence electrons. The number of aliphatic imine (C=N–C) groups is 1. The number of pyridine rings is 1. The molecule has 0 aromatic carbocycles. The predicted molar refractivity (Wildman–Crippen MR) is 118 cm³/mol. The molecule has 0 aliphatic heterocycles. The van der Waals surface area contributed by atoms with Crippen LogP contribution in [0.25, 0.3) is 0 Å². The topological polar surface area (TPSA) is 85.9 Å². The van der Waals surface area contributed by atoms with Gasteiger partial charge in [-0.3, -0.25) is 0 Å². The highest BCUT2D eigenvalue weighted by molar-refractivity contribution is 5.79. The number of nitrogens with zero attached hydrogens (tertiary/aromatic N) is 3. The van der Waals surface area contributed by atoms with Gasteiger partial charge in [0.2, 0.25) is 0 Å². The van der Waals surface area contributed by atoms with E-state index >= 15 is 0 Å². The van der Waals surface area contributed by atoms with Gasteiger partial charge in [0.25, 0.3) is 0 Å². The zero-order valence-corrected chi connectivity index (χ0v) is 18.5. The molecular formula is C22H35N5O2. The van der Waals surface area contributed by atoms with Crippen molar-refractivity contribution < 1.29 is 9.52 Å². The number of aliphatic hydroxyl groups is 1. The summed E-state index contributed by atoms with van der Waals surface area (Å²) in [6.07, 6.45) is 1.87. The minimum atomic E-state index is -1.06. The summed E-state index contributed by atoms with van der Waals surface area (Å²) in [4.78, 5) is 11.4. The zero-order chi connectivity index (χ0) is 21.4. The van der Waals surface area contributed by atoms with Gasteiger partial charge in [0, 0.05) is 31.4 Å². The summed E-state index contributed by atoms with van der Waals surface area (Å²) in [6, 6.07) is 5.97. The second-order valence-electron chi connectivity index (χ2n) is 7.35. The van der Waals surface area contributed by atoms with Gasteiger partial charge in [-0.1, -0.05) is 6.07 Å². The Labute approximate surface area is 174 Å². The standard InChI is InChI=1S/C22H35N5O2/c1-7-23-21(26-15-22(6,28)19-12-16(4)29-17(19)5)25-14-18-10-11-20(24-13-18)27(8-2)9-3/h10-13,28H,7-9,14-15H2,1-6H3,(H2,23,25,26). The molecule has 0 aliphatic rings. The Balaban J connectivity index is 2.03. The maximum Gasteiger partial charge on any atom is 0.191 e. The molecule has 0 bridgehead atoms. The van der Waals surface area contributed by atoms with Crippen LogP contribution in [0.5, 0.6) is 0 Å². The summed E-state index contributed by atoms with van der Waals surface area (Å²) in [6.45, 7) is 15.2. The summed E-state index contributed by atoms with van der Waals surface area (Å²) in [5, 5.41) is 17.3. The maximum atomic E-state index is 10.9. The molecule has 2 aromatic heterocycles. The fraction of sp³-hybridized carbons (Fsp3) is 0.545. The molecule has 2 rings (SSSR count). The molecule has 2 heterocycles. The Morgan fingerprint density at radius 1 is 1.21 bits per heavy atom. The summed E-state index contributed by atoms with van der Waals surface area (Å²) >= 11 is 0. The third kappa shape index (κ3) is 6.22. The van der Waals surface area contributed by atoms with Gasteiger partial charge in [-0.2, -0.15) is 0 Å². The number of hydrogen-bond acceptors (Lipinski definition) is 5. The first-order valence-corrected chi connectivity index (χ1v) is 10.3. The quantitative estimate of drug-likeness (QED) is 0.442. The van der Waals surface area contributed by atoms with Gasteiger partial charge in [-0.05, 0) is 59.2 Å². The Kier molecular flexibility index (Phi) is 8.08. The van der Waals surface area contributed by atoms with E-state index in [1.54, 1.807) is 6.92 Å². The van der Waals surface area contributed by atoms with Crippen molar-refractivity contribution >= 4 is 11.8 Å². The average Bonchev–Trinajstić information content (AvgIpc) is 3.05.